The van der Waals surface area contributed by atoms with Gasteiger partial charge in [0.15, 0.2) is 0 Å². The van der Waals surface area contributed by atoms with E-state index in [9.17, 15) is 4.79 Å². The minimum Gasteiger partial charge on any atom is -0.335 e. The van der Waals surface area contributed by atoms with E-state index in [0.717, 1.165) is 63.7 Å². The van der Waals surface area contributed by atoms with Gasteiger partial charge in [-0.3, -0.25) is 9.48 Å². The van der Waals surface area contributed by atoms with Crippen molar-refractivity contribution in [1.82, 2.24) is 24.6 Å². The number of thiophene rings is 1. The van der Waals surface area contributed by atoms with Crippen molar-refractivity contribution >= 4 is 39.1 Å². The third-order valence-corrected chi connectivity index (χ3v) is 6.79. The second-order valence-electron chi connectivity index (χ2n) is 7.12. The molecule has 3 aromatic rings. The van der Waals surface area contributed by atoms with E-state index in [1.165, 1.54) is 11.3 Å². The molecule has 142 valence electrons. The van der Waals surface area contributed by atoms with Crippen LogP contribution in [0.4, 0.5) is 0 Å². The number of piperazine rings is 1. The highest BCUT2D eigenvalue weighted by molar-refractivity contribution is 7.21. The summed E-state index contributed by atoms with van der Waals surface area (Å²) in [5.41, 5.74) is 3.58. The van der Waals surface area contributed by atoms with Crippen LogP contribution in [0.25, 0.3) is 21.3 Å². The summed E-state index contributed by atoms with van der Waals surface area (Å²) < 4.78 is 1.75. The largest absolute Gasteiger partial charge is 0.335 e. The van der Waals surface area contributed by atoms with Crippen LogP contribution in [0.15, 0.2) is 12.4 Å². The predicted octanol–water partition coefficient (Wildman–Crippen LogP) is 3.35. The van der Waals surface area contributed by atoms with E-state index in [2.05, 4.69) is 22.0 Å². The highest BCUT2D eigenvalue weighted by Crippen LogP contribution is 2.42. The number of rotatable bonds is 2. The molecule has 0 unspecified atom stereocenters. The van der Waals surface area contributed by atoms with Gasteiger partial charge in [0.05, 0.1) is 16.9 Å². The lowest BCUT2D eigenvalue weighted by molar-refractivity contribution is 0.0669. The Morgan fingerprint density at radius 1 is 1.19 bits per heavy atom. The summed E-state index contributed by atoms with van der Waals surface area (Å²) in [6.45, 7) is 7.16. The van der Waals surface area contributed by atoms with Crippen molar-refractivity contribution in [1.29, 1.82) is 0 Å². The van der Waals surface area contributed by atoms with Crippen molar-refractivity contribution < 1.29 is 4.79 Å². The highest BCUT2D eigenvalue weighted by Gasteiger charge is 2.28. The van der Waals surface area contributed by atoms with E-state index in [1.54, 1.807) is 10.9 Å². The molecule has 1 aliphatic rings. The first kappa shape index (κ1) is 18.4. The molecule has 8 heteroatoms. The van der Waals surface area contributed by atoms with Gasteiger partial charge < -0.3 is 9.80 Å². The lowest BCUT2D eigenvalue weighted by atomic mass is 10.0. The number of hydrogen-bond acceptors (Lipinski definition) is 5. The quantitative estimate of drug-likeness (QED) is 0.658. The Hall–Kier alpha value is -1.96. The van der Waals surface area contributed by atoms with Crippen molar-refractivity contribution in [2.75, 3.05) is 33.2 Å². The number of pyridine rings is 1. The summed E-state index contributed by atoms with van der Waals surface area (Å²) in [4.78, 5) is 23.8. The molecule has 0 spiro atoms. The number of halogens is 1. The first-order chi connectivity index (χ1) is 12.9. The second-order valence-corrected chi connectivity index (χ2v) is 8.50. The summed E-state index contributed by atoms with van der Waals surface area (Å²) in [6, 6.07) is 0. The van der Waals surface area contributed by atoms with Crippen molar-refractivity contribution in [3.8, 4) is 11.1 Å². The van der Waals surface area contributed by atoms with Gasteiger partial charge in [0.25, 0.3) is 5.91 Å². The van der Waals surface area contributed by atoms with Gasteiger partial charge in [0.1, 0.15) is 9.71 Å². The summed E-state index contributed by atoms with van der Waals surface area (Å²) in [5.74, 6) is 0.0677. The Balaban J connectivity index is 1.92. The first-order valence-corrected chi connectivity index (χ1v) is 10.1. The average Bonchev–Trinajstić information content (AvgIpc) is 3.23. The zero-order valence-electron chi connectivity index (χ0n) is 15.9. The molecule has 4 rings (SSSR count). The number of carbonyl (C=O) groups excluding carboxylic acids is 1. The number of amides is 1. The van der Waals surface area contributed by atoms with E-state index in [1.807, 2.05) is 32.0 Å². The number of fused-ring (bicyclic) bond motifs is 1. The molecule has 1 saturated heterocycles. The molecular weight excluding hydrogens is 382 g/mol. The van der Waals surface area contributed by atoms with Crippen LogP contribution in [0.2, 0.25) is 5.02 Å². The van der Waals surface area contributed by atoms with Gasteiger partial charge in [-0.1, -0.05) is 11.6 Å². The van der Waals surface area contributed by atoms with Gasteiger partial charge in [-0.2, -0.15) is 5.10 Å². The first-order valence-electron chi connectivity index (χ1n) is 8.93. The number of aromatic nitrogens is 3. The lowest BCUT2D eigenvalue weighted by Crippen LogP contribution is -2.47. The average molecular weight is 404 g/mol. The Bertz CT molecular complexity index is 1030. The van der Waals surface area contributed by atoms with Crippen LogP contribution in [0.3, 0.4) is 0 Å². The van der Waals surface area contributed by atoms with E-state index in [0.29, 0.717) is 5.02 Å². The maximum absolute atomic E-state index is 13.4. The molecule has 0 aromatic carbocycles. The molecule has 0 N–H and O–H groups in total. The van der Waals surface area contributed by atoms with Gasteiger partial charge in [-0.25, -0.2) is 4.98 Å². The molecule has 1 amide bonds. The number of carbonyl (C=O) groups is 1. The fraction of sp³-hybridized carbons (Fsp3) is 0.421. The summed E-state index contributed by atoms with van der Waals surface area (Å²) in [6.07, 6.45) is 3.74. The third kappa shape index (κ3) is 3.13. The summed E-state index contributed by atoms with van der Waals surface area (Å²) in [7, 11) is 3.96. The van der Waals surface area contributed by atoms with Gasteiger partial charge in [0.2, 0.25) is 0 Å². The number of likely N-dealkylation sites (N-methyl/N-ethyl adjacent to an activating group) is 1. The Morgan fingerprint density at radius 3 is 2.52 bits per heavy atom. The maximum atomic E-state index is 13.4. The number of aryl methyl sites for hydroxylation is 3. The van der Waals surface area contributed by atoms with Crippen molar-refractivity contribution in [2.24, 2.45) is 7.05 Å². The van der Waals surface area contributed by atoms with Gasteiger partial charge in [-0.05, 0) is 26.5 Å². The van der Waals surface area contributed by atoms with Crippen molar-refractivity contribution in [2.45, 2.75) is 13.8 Å². The summed E-state index contributed by atoms with van der Waals surface area (Å²) >= 11 is 7.95. The van der Waals surface area contributed by atoms with Crippen LogP contribution in [0.5, 0.6) is 0 Å². The normalized spacial score (nSPS) is 15.7. The molecule has 0 aliphatic carbocycles. The minimum atomic E-state index is 0.0677. The van der Waals surface area contributed by atoms with E-state index in [-0.39, 0.29) is 5.91 Å². The zero-order chi connectivity index (χ0) is 19.3. The fourth-order valence-electron chi connectivity index (χ4n) is 3.56. The third-order valence-electron chi connectivity index (χ3n) is 5.16. The molecule has 4 heterocycles. The van der Waals surface area contributed by atoms with Gasteiger partial charge in [0, 0.05) is 55.9 Å². The number of nitrogens with zero attached hydrogens (tertiary/aromatic N) is 5. The maximum Gasteiger partial charge on any atom is 0.264 e. The number of hydrogen-bond donors (Lipinski definition) is 0. The van der Waals surface area contributed by atoms with Crippen LogP contribution in [0, 0.1) is 13.8 Å². The fourth-order valence-corrected chi connectivity index (χ4v) is 4.97. The van der Waals surface area contributed by atoms with Crippen LogP contribution in [0.1, 0.15) is 20.9 Å². The Labute approximate surface area is 167 Å². The van der Waals surface area contributed by atoms with E-state index >= 15 is 0 Å². The van der Waals surface area contributed by atoms with Crippen LogP contribution >= 0.6 is 22.9 Å². The molecule has 3 aromatic heterocycles. The summed E-state index contributed by atoms with van der Waals surface area (Å²) in [5, 5.41) is 5.92. The molecule has 6 nitrogen and oxygen atoms in total. The topological polar surface area (TPSA) is 54.3 Å². The van der Waals surface area contributed by atoms with Crippen LogP contribution < -0.4 is 0 Å². The van der Waals surface area contributed by atoms with Crippen LogP contribution in [-0.2, 0) is 7.05 Å². The van der Waals surface area contributed by atoms with E-state index < -0.39 is 0 Å². The molecule has 0 bridgehead atoms. The molecule has 27 heavy (non-hydrogen) atoms. The monoisotopic (exact) mass is 403 g/mol. The minimum absolute atomic E-state index is 0.0677. The second kappa shape index (κ2) is 6.89. The van der Waals surface area contributed by atoms with Crippen molar-refractivity contribution in [3.63, 3.8) is 0 Å². The zero-order valence-corrected chi connectivity index (χ0v) is 17.5. The SMILES string of the molecule is Cc1nc2sc(C(=O)N3CCN(C)CC3)c(-c3cnn(C)c3)c2c(C)c1Cl. The highest BCUT2D eigenvalue weighted by atomic mass is 35.5. The van der Waals surface area contributed by atoms with Crippen molar-refractivity contribution in [3.05, 3.63) is 33.6 Å². The molecule has 0 atom stereocenters. The molecule has 1 fully saturated rings. The smallest absolute Gasteiger partial charge is 0.264 e. The van der Waals surface area contributed by atoms with Gasteiger partial charge in [-0.15, -0.1) is 11.3 Å². The van der Waals surface area contributed by atoms with Gasteiger partial charge >= 0.3 is 0 Å². The molecule has 0 saturated carbocycles. The lowest BCUT2D eigenvalue weighted by Gasteiger charge is -2.32. The molecular formula is C19H22ClN5OS. The Morgan fingerprint density at radius 2 is 1.89 bits per heavy atom. The predicted molar refractivity (Wildman–Crippen MR) is 110 cm³/mol. The van der Waals surface area contributed by atoms with E-state index in [4.69, 9.17) is 11.6 Å². The Kier molecular flexibility index (Phi) is 4.70. The molecule has 0 radical (unpaired) electrons. The standard InChI is InChI=1S/C19H22ClN5OS/c1-11-14-15(13-9-21-24(4)10-13)17(27-18(14)22-12(2)16(11)20)19(26)25-7-5-23(3)6-8-25/h9-10H,5-8H2,1-4H3. The van der Waals surface area contributed by atoms with Crippen LogP contribution in [-0.4, -0.2) is 63.7 Å². The molecule has 1 aliphatic heterocycles.